The van der Waals surface area contributed by atoms with Crippen molar-refractivity contribution in [1.82, 2.24) is 9.55 Å². The van der Waals surface area contributed by atoms with E-state index in [1.807, 2.05) is 12.5 Å². The van der Waals surface area contributed by atoms with Crippen LogP contribution in [0.1, 0.15) is 56.4 Å². The lowest BCUT2D eigenvalue weighted by Crippen LogP contribution is -2.35. The van der Waals surface area contributed by atoms with E-state index in [9.17, 15) is 5.11 Å². The number of hydrogen-bond acceptors (Lipinski definition) is 3. The van der Waals surface area contributed by atoms with Gasteiger partial charge in [-0.3, -0.25) is 0 Å². The fourth-order valence-electron chi connectivity index (χ4n) is 3.17. The number of aliphatic hydroxyl groups excluding tert-OH is 1. The smallest absolute Gasteiger partial charge is 0.102 e. The van der Waals surface area contributed by atoms with Gasteiger partial charge in [-0.1, -0.05) is 12.8 Å². The summed E-state index contributed by atoms with van der Waals surface area (Å²) in [7, 11) is 0. The van der Waals surface area contributed by atoms with Gasteiger partial charge < -0.3 is 15.4 Å². The molecule has 4 heteroatoms. The quantitative estimate of drug-likeness (QED) is 0.836. The summed E-state index contributed by atoms with van der Waals surface area (Å²) in [5.41, 5.74) is 6.80. The second kappa shape index (κ2) is 4.10. The fraction of sp³-hybridized carbons (Fsp3) is 0.769. The first kappa shape index (κ1) is 11.2. The number of rotatable bonds is 4. The van der Waals surface area contributed by atoms with E-state index >= 15 is 0 Å². The van der Waals surface area contributed by atoms with Gasteiger partial charge in [-0.05, 0) is 25.7 Å². The van der Waals surface area contributed by atoms with E-state index in [1.54, 1.807) is 0 Å². The largest absolute Gasteiger partial charge is 0.386 e. The van der Waals surface area contributed by atoms with Crippen molar-refractivity contribution in [2.24, 2.45) is 11.1 Å². The van der Waals surface area contributed by atoms with Gasteiger partial charge in [-0.2, -0.15) is 0 Å². The van der Waals surface area contributed by atoms with E-state index in [2.05, 4.69) is 9.55 Å². The third-order valence-electron chi connectivity index (χ3n) is 4.50. The van der Waals surface area contributed by atoms with Crippen LogP contribution in [0.25, 0.3) is 0 Å². The highest BCUT2D eigenvalue weighted by molar-refractivity contribution is 5.12. The molecular formula is C13H21N3O. The van der Waals surface area contributed by atoms with E-state index in [1.165, 1.54) is 25.7 Å². The standard InChI is InChI=1S/C13H21N3O/c14-8-13(5-1-2-6-13)12(17)11-7-15-9-16(11)10-3-4-10/h7,9-10,12,17H,1-6,8,14H2. The van der Waals surface area contributed by atoms with E-state index in [0.29, 0.717) is 12.6 Å². The van der Waals surface area contributed by atoms with Crippen molar-refractivity contribution in [2.75, 3.05) is 6.54 Å². The monoisotopic (exact) mass is 235 g/mol. The molecule has 1 atom stereocenters. The summed E-state index contributed by atoms with van der Waals surface area (Å²) >= 11 is 0. The molecule has 3 N–H and O–H groups in total. The second-order valence-corrected chi connectivity index (χ2v) is 5.63. The highest BCUT2D eigenvalue weighted by Gasteiger charge is 2.42. The van der Waals surface area contributed by atoms with Crippen LogP contribution in [0.5, 0.6) is 0 Å². The molecule has 1 aromatic heterocycles. The van der Waals surface area contributed by atoms with Crippen molar-refractivity contribution in [2.45, 2.75) is 50.7 Å². The van der Waals surface area contributed by atoms with Gasteiger partial charge in [0.05, 0.1) is 18.2 Å². The minimum absolute atomic E-state index is 0.104. The Bertz CT molecular complexity index is 391. The van der Waals surface area contributed by atoms with Crippen molar-refractivity contribution in [3.8, 4) is 0 Å². The summed E-state index contributed by atoms with van der Waals surface area (Å²) in [4.78, 5) is 4.20. The molecule has 2 aliphatic rings. The molecule has 2 saturated carbocycles. The highest BCUT2D eigenvalue weighted by Crippen LogP contribution is 2.48. The minimum Gasteiger partial charge on any atom is -0.386 e. The Kier molecular flexibility index (Phi) is 2.71. The molecule has 4 nitrogen and oxygen atoms in total. The molecule has 0 amide bonds. The molecule has 17 heavy (non-hydrogen) atoms. The average molecular weight is 235 g/mol. The summed E-state index contributed by atoms with van der Waals surface area (Å²) in [5.74, 6) is 0. The first-order valence-corrected chi connectivity index (χ1v) is 6.67. The zero-order valence-electron chi connectivity index (χ0n) is 10.2. The molecule has 0 saturated heterocycles. The predicted molar refractivity (Wildman–Crippen MR) is 65.4 cm³/mol. The van der Waals surface area contributed by atoms with Gasteiger partial charge in [0.25, 0.3) is 0 Å². The van der Waals surface area contributed by atoms with Gasteiger partial charge in [0, 0.05) is 18.0 Å². The van der Waals surface area contributed by atoms with E-state index in [0.717, 1.165) is 18.5 Å². The Balaban J connectivity index is 1.89. The maximum atomic E-state index is 10.7. The van der Waals surface area contributed by atoms with Gasteiger partial charge in [0.2, 0.25) is 0 Å². The van der Waals surface area contributed by atoms with Crippen molar-refractivity contribution in [1.29, 1.82) is 0 Å². The molecular weight excluding hydrogens is 214 g/mol. The molecule has 0 bridgehead atoms. The Morgan fingerprint density at radius 3 is 2.76 bits per heavy atom. The van der Waals surface area contributed by atoms with Crippen LogP contribution in [0, 0.1) is 5.41 Å². The van der Waals surface area contributed by atoms with Crippen LogP contribution < -0.4 is 5.73 Å². The molecule has 2 aliphatic carbocycles. The molecule has 0 aliphatic heterocycles. The minimum atomic E-state index is -0.446. The number of nitrogens with zero attached hydrogens (tertiary/aromatic N) is 2. The first-order chi connectivity index (χ1) is 8.27. The van der Waals surface area contributed by atoms with E-state index in [-0.39, 0.29) is 5.41 Å². The second-order valence-electron chi connectivity index (χ2n) is 5.63. The number of nitrogens with two attached hydrogens (primary N) is 1. The van der Waals surface area contributed by atoms with Crippen LogP contribution in [-0.4, -0.2) is 21.2 Å². The topological polar surface area (TPSA) is 64.1 Å². The summed E-state index contributed by atoms with van der Waals surface area (Å²) in [5, 5.41) is 10.7. The molecule has 0 spiro atoms. The van der Waals surface area contributed by atoms with Gasteiger partial charge in [0.1, 0.15) is 6.10 Å². The summed E-state index contributed by atoms with van der Waals surface area (Å²) in [6.07, 6.45) is 10.1. The Morgan fingerprint density at radius 2 is 2.18 bits per heavy atom. The normalized spacial score (nSPS) is 25.1. The fourth-order valence-corrected chi connectivity index (χ4v) is 3.17. The van der Waals surface area contributed by atoms with Gasteiger partial charge in [-0.15, -0.1) is 0 Å². The lowest BCUT2D eigenvalue weighted by molar-refractivity contribution is 0.0271. The summed E-state index contributed by atoms with van der Waals surface area (Å²) in [6, 6.07) is 0.568. The molecule has 1 heterocycles. The lowest BCUT2D eigenvalue weighted by Gasteiger charge is -2.33. The van der Waals surface area contributed by atoms with Crippen molar-refractivity contribution in [3.05, 3.63) is 18.2 Å². The SMILES string of the molecule is NCC1(C(O)c2cncn2C2CC2)CCCC1. The molecule has 0 radical (unpaired) electrons. The summed E-state index contributed by atoms with van der Waals surface area (Å²) in [6.45, 7) is 0.573. The molecule has 3 rings (SSSR count). The first-order valence-electron chi connectivity index (χ1n) is 6.67. The van der Waals surface area contributed by atoms with Crippen LogP contribution in [0.4, 0.5) is 0 Å². The Hall–Kier alpha value is -0.870. The van der Waals surface area contributed by atoms with Gasteiger partial charge in [0.15, 0.2) is 0 Å². The Labute approximate surface area is 102 Å². The van der Waals surface area contributed by atoms with Gasteiger partial charge in [-0.25, -0.2) is 4.98 Å². The van der Waals surface area contributed by atoms with Crippen molar-refractivity contribution >= 4 is 0 Å². The van der Waals surface area contributed by atoms with Gasteiger partial charge >= 0.3 is 0 Å². The molecule has 94 valence electrons. The summed E-state index contributed by atoms with van der Waals surface area (Å²) < 4.78 is 2.15. The van der Waals surface area contributed by atoms with Crippen molar-refractivity contribution in [3.63, 3.8) is 0 Å². The van der Waals surface area contributed by atoms with Crippen LogP contribution in [-0.2, 0) is 0 Å². The molecule has 1 unspecified atom stereocenters. The highest BCUT2D eigenvalue weighted by atomic mass is 16.3. The third-order valence-corrected chi connectivity index (χ3v) is 4.50. The van der Waals surface area contributed by atoms with Crippen LogP contribution in [0.15, 0.2) is 12.5 Å². The molecule has 0 aromatic carbocycles. The maximum Gasteiger partial charge on any atom is 0.102 e. The molecule has 1 aromatic rings. The average Bonchev–Trinajstić information content (AvgIpc) is 2.92. The van der Waals surface area contributed by atoms with Crippen LogP contribution in [0.3, 0.4) is 0 Å². The predicted octanol–water partition coefficient (Wildman–Crippen LogP) is 1.77. The van der Waals surface area contributed by atoms with Crippen LogP contribution >= 0.6 is 0 Å². The lowest BCUT2D eigenvalue weighted by atomic mass is 9.79. The number of aliphatic hydroxyl groups is 1. The zero-order valence-corrected chi connectivity index (χ0v) is 10.2. The maximum absolute atomic E-state index is 10.7. The number of hydrogen-bond donors (Lipinski definition) is 2. The third kappa shape index (κ3) is 1.79. The van der Waals surface area contributed by atoms with Crippen molar-refractivity contribution < 1.29 is 5.11 Å². The number of aromatic nitrogens is 2. The molecule has 2 fully saturated rings. The van der Waals surface area contributed by atoms with E-state index < -0.39 is 6.10 Å². The van der Waals surface area contributed by atoms with Crippen LogP contribution in [0.2, 0.25) is 0 Å². The Morgan fingerprint density at radius 1 is 1.47 bits per heavy atom. The van der Waals surface area contributed by atoms with E-state index in [4.69, 9.17) is 5.73 Å². The number of imidazole rings is 1. The zero-order chi connectivity index (χ0) is 11.9.